The van der Waals surface area contributed by atoms with Gasteiger partial charge >= 0.3 is 5.97 Å². The summed E-state index contributed by atoms with van der Waals surface area (Å²) in [6, 6.07) is 0. The first-order chi connectivity index (χ1) is 7.61. The van der Waals surface area contributed by atoms with E-state index in [9.17, 15) is 9.59 Å². The summed E-state index contributed by atoms with van der Waals surface area (Å²) in [6.45, 7) is 1.68. The Labute approximate surface area is 96.1 Å². The number of ether oxygens (including phenoxy) is 1. The SMILES string of the molecule is COC(=O)CCN(C)CC(=O)NCC1CC1. The Balaban J connectivity index is 2.04. The summed E-state index contributed by atoms with van der Waals surface area (Å²) in [6.07, 6.45) is 2.79. The number of rotatable bonds is 7. The highest BCUT2D eigenvalue weighted by Gasteiger charge is 2.21. The van der Waals surface area contributed by atoms with Gasteiger partial charge < -0.3 is 10.1 Å². The Morgan fingerprint density at radius 1 is 1.44 bits per heavy atom. The highest BCUT2D eigenvalue weighted by atomic mass is 16.5. The van der Waals surface area contributed by atoms with Crippen molar-refractivity contribution >= 4 is 11.9 Å². The molecule has 0 spiro atoms. The molecule has 1 fully saturated rings. The minimum absolute atomic E-state index is 0.0271. The van der Waals surface area contributed by atoms with Gasteiger partial charge in [-0.05, 0) is 25.8 Å². The van der Waals surface area contributed by atoms with Crippen LogP contribution in [0.5, 0.6) is 0 Å². The second-order valence-corrected chi connectivity index (χ2v) is 4.31. The molecule has 92 valence electrons. The molecule has 5 heteroatoms. The fraction of sp³-hybridized carbons (Fsp3) is 0.818. The number of likely N-dealkylation sites (N-methyl/N-ethyl adjacent to an activating group) is 1. The first-order valence-corrected chi connectivity index (χ1v) is 5.64. The molecule has 0 aromatic rings. The Morgan fingerprint density at radius 3 is 2.69 bits per heavy atom. The summed E-state index contributed by atoms with van der Waals surface area (Å²) in [7, 11) is 3.18. The normalized spacial score (nSPS) is 14.9. The van der Waals surface area contributed by atoms with Crippen molar-refractivity contribution in [1.29, 1.82) is 0 Å². The molecule has 1 aliphatic carbocycles. The van der Waals surface area contributed by atoms with E-state index in [1.165, 1.54) is 20.0 Å². The Bertz CT molecular complexity index is 252. The molecule has 1 aliphatic rings. The van der Waals surface area contributed by atoms with Gasteiger partial charge in [0.15, 0.2) is 0 Å². The van der Waals surface area contributed by atoms with Crippen LogP contribution >= 0.6 is 0 Å². The smallest absolute Gasteiger partial charge is 0.306 e. The van der Waals surface area contributed by atoms with Crippen molar-refractivity contribution in [3.8, 4) is 0 Å². The third-order valence-corrected chi connectivity index (χ3v) is 2.62. The largest absolute Gasteiger partial charge is 0.469 e. The van der Waals surface area contributed by atoms with Gasteiger partial charge in [-0.25, -0.2) is 0 Å². The molecule has 5 nitrogen and oxygen atoms in total. The molecular weight excluding hydrogens is 208 g/mol. The van der Waals surface area contributed by atoms with E-state index in [4.69, 9.17) is 0 Å². The maximum Gasteiger partial charge on any atom is 0.306 e. The molecule has 0 atom stereocenters. The van der Waals surface area contributed by atoms with Crippen LogP contribution in [-0.4, -0.2) is 50.6 Å². The number of hydrogen-bond acceptors (Lipinski definition) is 4. The quantitative estimate of drug-likeness (QED) is 0.623. The van der Waals surface area contributed by atoms with Gasteiger partial charge in [0.05, 0.1) is 20.1 Å². The lowest BCUT2D eigenvalue weighted by atomic mass is 10.3. The summed E-state index contributed by atoms with van der Waals surface area (Å²) in [5.41, 5.74) is 0. The van der Waals surface area contributed by atoms with Crippen LogP contribution in [-0.2, 0) is 14.3 Å². The molecule has 0 unspecified atom stereocenters. The van der Waals surface area contributed by atoms with Gasteiger partial charge in [-0.3, -0.25) is 14.5 Å². The highest BCUT2D eigenvalue weighted by Crippen LogP contribution is 2.27. The number of esters is 1. The third-order valence-electron chi connectivity index (χ3n) is 2.62. The maximum atomic E-state index is 11.4. The zero-order valence-electron chi connectivity index (χ0n) is 9.99. The van der Waals surface area contributed by atoms with Gasteiger partial charge in [0.25, 0.3) is 0 Å². The van der Waals surface area contributed by atoms with Crippen molar-refractivity contribution in [2.24, 2.45) is 5.92 Å². The van der Waals surface area contributed by atoms with E-state index in [1.807, 2.05) is 11.9 Å². The van der Waals surface area contributed by atoms with E-state index in [1.54, 1.807) is 0 Å². The molecule has 1 saturated carbocycles. The van der Waals surface area contributed by atoms with Crippen LogP contribution in [0.15, 0.2) is 0 Å². The van der Waals surface area contributed by atoms with E-state index in [0.29, 0.717) is 25.4 Å². The zero-order chi connectivity index (χ0) is 12.0. The van der Waals surface area contributed by atoms with E-state index in [2.05, 4.69) is 10.1 Å². The van der Waals surface area contributed by atoms with Crippen LogP contribution < -0.4 is 5.32 Å². The fourth-order valence-corrected chi connectivity index (χ4v) is 1.34. The van der Waals surface area contributed by atoms with Gasteiger partial charge in [0.1, 0.15) is 0 Å². The third kappa shape index (κ3) is 5.70. The molecule has 0 saturated heterocycles. The topological polar surface area (TPSA) is 58.6 Å². The average Bonchev–Trinajstić information content (AvgIpc) is 3.06. The molecule has 0 aliphatic heterocycles. The molecule has 0 bridgehead atoms. The number of hydrogen-bond donors (Lipinski definition) is 1. The number of methoxy groups -OCH3 is 1. The first-order valence-electron chi connectivity index (χ1n) is 5.64. The summed E-state index contributed by atoms with van der Waals surface area (Å²) >= 11 is 0. The zero-order valence-corrected chi connectivity index (χ0v) is 9.99. The van der Waals surface area contributed by atoms with Crippen molar-refractivity contribution in [3.05, 3.63) is 0 Å². The lowest BCUT2D eigenvalue weighted by Gasteiger charge is -2.15. The molecular formula is C11H20N2O3. The Morgan fingerprint density at radius 2 is 2.12 bits per heavy atom. The second-order valence-electron chi connectivity index (χ2n) is 4.31. The Hall–Kier alpha value is -1.10. The van der Waals surface area contributed by atoms with Crippen LogP contribution in [0.3, 0.4) is 0 Å². The number of nitrogens with zero attached hydrogens (tertiary/aromatic N) is 1. The Kier molecular flexibility index (Phi) is 5.25. The monoisotopic (exact) mass is 228 g/mol. The number of carbonyl (C=O) groups excluding carboxylic acids is 2. The lowest BCUT2D eigenvalue weighted by molar-refractivity contribution is -0.141. The summed E-state index contributed by atoms with van der Waals surface area (Å²) < 4.78 is 4.53. The second kappa shape index (κ2) is 6.48. The molecule has 0 aromatic carbocycles. The standard InChI is InChI=1S/C11H20N2O3/c1-13(6-5-11(15)16-2)8-10(14)12-7-9-3-4-9/h9H,3-8H2,1-2H3,(H,12,14). The van der Waals surface area contributed by atoms with Gasteiger partial charge in [-0.15, -0.1) is 0 Å². The lowest BCUT2D eigenvalue weighted by Crippen LogP contribution is -2.37. The molecule has 0 radical (unpaired) electrons. The summed E-state index contributed by atoms with van der Waals surface area (Å²) in [5.74, 6) is 0.480. The van der Waals surface area contributed by atoms with Crippen LogP contribution in [0, 0.1) is 5.92 Å². The molecule has 0 aromatic heterocycles. The number of amides is 1. The van der Waals surface area contributed by atoms with Crippen LogP contribution in [0.1, 0.15) is 19.3 Å². The minimum atomic E-state index is -0.245. The minimum Gasteiger partial charge on any atom is -0.469 e. The van der Waals surface area contributed by atoms with E-state index >= 15 is 0 Å². The van der Waals surface area contributed by atoms with Gasteiger partial charge in [0.2, 0.25) is 5.91 Å². The van der Waals surface area contributed by atoms with E-state index < -0.39 is 0 Å². The molecule has 0 heterocycles. The molecule has 1 amide bonds. The van der Waals surface area contributed by atoms with Gasteiger partial charge in [-0.1, -0.05) is 0 Å². The van der Waals surface area contributed by atoms with Crippen molar-refractivity contribution in [2.75, 3.05) is 33.8 Å². The van der Waals surface area contributed by atoms with Crippen molar-refractivity contribution < 1.29 is 14.3 Å². The fourth-order valence-electron chi connectivity index (χ4n) is 1.34. The van der Waals surface area contributed by atoms with Crippen LogP contribution in [0.2, 0.25) is 0 Å². The van der Waals surface area contributed by atoms with Crippen molar-refractivity contribution in [2.45, 2.75) is 19.3 Å². The first kappa shape index (κ1) is 13.0. The van der Waals surface area contributed by atoms with Gasteiger partial charge in [0, 0.05) is 13.1 Å². The van der Waals surface area contributed by atoms with Crippen molar-refractivity contribution in [3.63, 3.8) is 0 Å². The average molecular weight is 228 g/mol. The maximum absolute atomic E-state index is 11.4. The van der Waals surface area contributed by atoms with Crippen LogP contribution in [0.25, 0.3) is 0 Å². The highest BCUT2D eigenvalue weighted by molar-refractivity contribution is 5.78. The molecule has 1 N–H and O–H groups in total. The predicted molar refractivity (Wildman–Crippen MR) is 59.9 cm³/mol. The van der Waals surface area contributed by atoms with Gasteiger partial charge in [-0.2, -0.15) is 0 Å². The molecule has 16 heavy (non-hydrogen) atoms. The summed E-state index contributed by atoms with van der Waals surface area (Å²) in [5, 5.41) is 2.88. The number of carbonyl (C=O) groups is 2. The van der Waals surface area contributed by atoms with E-state index in [0.717, 1.165) is 6.54 Å². The van der Waals surface area contributed by atoms with E-state index in [-0.39, 0.29) is 11.9 Å². The molecule has 1 rings (SSSR count). The number of nitrogens with one attached hydrogen (secondary N) is 1. The van der Waals surface area contributed by atoms with Crippen molar-refractivity contribution in [1.82, 2.24) is 10.2 Å². The van der Waals surface area contributed by atoms with Crippen LogP contribution in [0.4, 0.5) is 0 Å². The predicted octanol–water partition coefficient (Wildman–Crippen LogP) is 0.00750. The summed E-state index contributed by atoms with van der Waals surface area (Å²) in [4.78, 5) is 24.1.